The van der Waals surface area contributed by atoms with Crippen LogP contribution in [-0.2, 0) is 6.54 Å². The smallest absolute Gasteiger partial charge is 0.259 e. The van der Waals surface area contributed by atoms with Gasteiger partial charge in [-0.05, 0) is 70.9 Å². The molecule has 4 rings (SSSR count). The summed E-state index contributed by atoms with van der Waals surface area (Å²) in [5, 5.41) is 0. The molecule has 33 heavy (non-hydrogen) atoms. The normalized spacial score (nSPS) is 10.6. The van der Waals surface area contributed by atoms with E-state index in [1.165, 1.54) is 12.1 Å². The lowest BCUT2D eigenvalue weighted by atomic mass is 10.1. The van der Waals surface area contributed by atoms with Crippen molar-refractivity contribution in [2.24, 2.45) is 0 Å². The molecule has 0 aliphatic carbocycles. The number of amides is 1. The molecular formula is C27H23BrFN3O. The number of rotatable bonds is 7. The summed E-state index contributed by atoms with van der Waals surface area (Å²) in [4.78, 5) is 22.0. The summed E-state index contributed by atoms with van der Waals surface area (Å²) >= 11 is 3.49. The first-order chi connectivity index (χ1) is 16.1. The van der Waals surface area contributed by atoms with E-state index in [-0.39, 0.29) is 11.7 Å². The summed E-state index contributed by atoms with van der Waals surface area (Å²) in [6.45, 7) is 3.07. The fraction of sp³-hybridized carbons (Fsp3) is 0.111. The third-order valence-electron chi connectivity index (χ3n) is 5.30. The maximum Gasteiger partial charge on any atom is 0.259 e. The van der Waals surface area contributed by atoms with Gasteiger partial charge in [0.05, 0.1) is 12.1 Å². The lowest BCUT2D eigenvalue weighted by Crippen LogP contribution is -2.31. The van der Waals surface area contributed by atoms with Crippen molar-refractivity contribution in [2.45, 2.75) is 13.5 Å². The van der Waals surface area contributed by atoms with Crippen LogP contribution in [0.25, 0.3) is 0 Å². The maximum absolute atomic E-state index is 13.6. The van der Waals surface area contributed by atoms with E-state index >= 15 is 0 Å². The molecule has 0 unspecified atom stereocenters. The number of carbonyl (C=O) groups excluding carboxylic acids is 1. The van der Waals surface area contributed by atoms with E-state index in [2.05, 4.69) is 32.7 Å². The number of pyridine rings is 1. The first-order valence-corrected chi connectivity index (χ1v) is 11.5. The molecule has 0 N–H and O–H groups in total. The Kier molecular flexibility index (Phi) is 7.15. The van der Waals surface area contributed by atoms with Crippen molar-refractivity contribution in [3.8, 4) is 0 Å². The summed E-state index contributed by atoms with van der Waals surface area (Å²) in [7, 11) is 0. The molecule has 1 aromatic heterocycles. The van der Waals surface area contributed by atoms with Gasteiger partial charge in [0.2, 0.25) is 0 Å². The topological polar surface area (TPSA) is 36.4 Å². The fourth-order valence-electron chi connectivity index (χ4n) is 3.64. The van der Waals surface area contributed by atoms with Gasteiger partial charge in [0.1, 0.15) is 11.6 Å². The van der Waals surface area contributed by atoms with Gasteiger partial charge in [0.25, 0.3) is 5.91 Å². The summed E-state index contributed by atoms with van der Waals surface area (Å²) in [5.74, 6) is 0.270. The van der Waals surface area contributed by atoms with Crippen LogP contribution in [-0.4, -0.2) is 17.4 Å². The van der Waals surface area contributed by atoms with Gasteiger partial charge in [-0.25, -0.2) is 9.37 Å². The zero-order valence-corrected chi connectivity index (χ0v) is 19.7. The van der Waals surface area contributed by atoms with Crippen LogP contribution in [0.3, 0.4) is 0 Å². The van der Waals surface area contributed by atoms with Crippen molar-refractivity contribution in [1.82, 2.24) is 4.98 Å². The molecule has 4 aromatic rings. The molecule has 0 fully saturated rings. The number of carbonyl (C=O) groups is 1. The van der Waals surface area contributed by atoms with Crippen LogP contribution in [0, 0.1) is 5.82 Å². The number of benzene rings is 3. The molecule has 1 heterocycles. The van der Waals surface area contributed by atoms with Crippen LogP contribution in [0.2, 0.25) is 0 Å². The van der Waals surface area contributed by atoms with Gasteiger partial charge in [-0.2, -0.15) is 0 Å². The second-order valence-electron chi connectivity index (χ2n) is 7.45. The molecule has 6 heteroatoms. The van der Waals surface area contributed by atoms with Gasteiger partial charge in [-0.1, -0.05) is 42.5 Å². The highest BCUT2D eigenvalue weighted by Crippen LogP contribution is 2.29. The first-order valence-electron chi connectivity index (χ1n) is 10.7. The number of hydrogen-bond acceptors (Lipinski definition) is 3. The predicted molar refractivity (Wildman–Crippen MR) is 134 cm³/mol. The zero-order chi connectivity index (χ0) is 23.2. The molecule has 0 bridgehead atoms. The fourth-order valence-corrected chi connectivity index (χ4v) is 4.10. The molecule has 4 nitrogen and oxygen atoms in total. The monoisotopic (exact) mass is 503 g/mol. The van der Waals surface area contributed by atoms with E-state index in [0.29, 0.717) is 22.3 Å². The van der Waals surface area contributed by atoms with E-state index in [1.54, 1.807) is 29.3 Å². The highest BCUT2D eigenvalue weighted by molar-refractivity contribution is 9.10. The minimum absolute atomic E-state index is 0.160. The number of aromatic nitrogens is 1. The highest BCUT2D eigenvalue weighted by atomic mass is 79.9. The minimum atomic E-state index is -0.310. The van der Waals surface area contributed by atoms with Crippen molar-refractivity contribution in [1.29, 1.82) is 0 Å². The van der Waals surface area contributed by atoms with Gasteiger partial charge < -0.3 is 9.80 Å². The maximum atomic E-state index is 13.6. The van der Waals surface area contributed by atoms with Gasteiger partial charge in [0.15, 0.2) is 0 Å². The first kappa shape index (κ1) is 22.7. The van der Waals surface area contributed by atoms with Crippen molar-refractivity contribution < 1.29 is 9.18 Å². The average molecular weight is 504 g/mol. The molecule has 166 valence electrons. The molecule has 0 spiro atoms. The predicted octanol–water partition coefficient (Wildman–Crippen LogP) is 6.99. The second kappa shape index (κ2) is 10.4. The summed E-state index contributed by atoms with van der Waals surface area (Å²) in [6.07, 6.45) is 1.71. The lowest BCUT2D eigenvalue weighted by Gasteiger charge is -2.27. The molecule has 0 aliphatic heterocycles. The molecular weight excluding hydrogens is 481 g/mol. The average Bonchev–Trinajstić information content (AvgIpc) is 2.85. The van der Waals surface area contributed by atoms with E-state index in [0.717, 1.165) is 23.6 Å². The van der Waals surface area contributed by atoms with Crippen LogP contribution in [0.15, 0.2) is 102 Å². The Morgan fingerprint density at radius 1 is 0.909 bits per heavy atom. The molecule has 0 atom stereocenters. The zero-order valence-electron chi connectivity index (χ0n) is 18.2. The van der Waals surface area contributed by atoms with Crippen molar-refractivity contribution in [3.05, 3.63) is 119 Å². The molecule has 0 radical (unpaired) electrons. The van der Waals surface area contributed by atoms with E-state index < -0.39 is 0 Å². The van der Waals surface area contributed by atoms with Crippen LogP contribution in [0.4, 0.5) is 21.6 Å². The van der Waals surface area contributed by atoms with Crippen LogP contribution in [0.5, 0.6) is 0 Å². The third-order valence-corrected chi connectivity index (χ3v) is 6.00. The van der Waals surface area contributed by atoms with Gasteiger partial charge in [0, 0.05) is 34.7 Å². The highest BCUT2D eigenvalue weighted by Gasteiger charge is 2.21. The van der Waals surface area contributed by atoms with Crippen molar-refractivity contribution in [3.63, 3.8) is 0 Å². The van der Waals surface area contributed by atoms with Gasteiger partial charge >= 0.3 is 0 Å². The number of para-hydroxylation sites is 1. The Morgan fingerprint density at radius 3 is 2.30 bits per heavy atom. The van der Waals surface area contributed by atoms with Crippen LogP contribution < -0.4 is 9.80 Å². The molecule has 0 aliphatic rings. The molecule has 3 aromatic carbocycles. The summed E-state index contributed by atoms with van der Waals surface area (Å²) in [5.41, 5.74) is 3.10. The Bertz CT molecular complexity index is 1230. The van der Waals surface area contributed by atoms with Crippen LogP contribution >= 0.6 is 15.9 Å². The number of nitrogens with zero attached hydrogens (tertiary/aromatic N) is 3. The molecule has 0 saturated heterocycles. The summed E-state index contributed by atoms with van der Waals surface area (Å²) in [6, 6.07) is 27.3. The van der Waals surface area contributed by atoms with Crippen LogP contribution in [0.1, 0.15) is 22.8 Å². The Balaban J connectivity index is 1.75. The Labute approximate surface area is 201 Å². The second-order valence-corrected chi connectivity index (χ2v) is 8.30. The third kappa shape index (κ3) is 5.29. The van der Waals surface area contributed by atoms with Crippen molar-refractivity contribution in [2.75, 3.05) is 16.3 Å². The summed E-state index contributed by atoms with van der Waals surface area (Å²) < 4.78 is 14.2. The van der Waals surface area contributed by atoms with Gasteiger partial charge in [-0.3, -0.25) is 4.79 Å². The SMILES string of the molecule is CCN(c1ccccc1)c1cc(N(Cc2ccc(F)cc2)C(=O)c2ccccc2Br)ccn1. The van der Waals surface area contributed by atoms with E-state index in [4.69, 9.17) is 0 Å². The number of hydrogen-bond donors (Lipinski definition) is 0. The van der Waals surface area contributed by atoms with Gasteiger partial charge in [-0.15, -0.1) is 0 Å². The van der Waals surface area contributed by atoms with E-state index in [1.807, 2.05) is 60.7 Å². The quantitative estimate of drug-likeness (QED) is 0.272. The van der Waals surface area contributed by atoms with E-state index in [9.17, 15) is 9.18 Å². The number of halogens is 2. The molecule has 0 saturated carbocycles. The molecule has 1 amide bonds. The Morgan fingerprint density at radius 2 is 1.61 bits per heavy atom. The Hall–Kier alpha value is -3.51. The lowest BCUT2D eigenvalue weighted by molar-refractivity contribution is 0.0984. The number of anilines is 3. The standard InChI is InChI=1S/C27H23BrFN3O/c1-2-31(22-8-4-3-5-9-22)26-18-23(16-17-30-26)32(19-20-12-14-21(29)15-13-20)27(33)24-10-6-7-11-25(24)28/h3-18H,2,19H2,1H3. The minimum Gasteiger partial charge on any atom is -0.327 e. The largest absolute Gasteiger partial charge is 0.327 e. The van der Waals surface area contributed by atoms with Crippen molar-refractivity contribution >= 4 is 39.0 Å².